The summed E-state index contributed by atoms with van der Waals surface area (Å²) in [5, 5.41) is 26.4. The SMILES string of the molecule is CSCCC(NC(=O)C(NC(=O)C(CCC(N)=O)NC(=O)C(N)CC(C)C)C(C)O)C(=O)O. The first-order valence-electron chi connectivity index (χ1n) is 10.6. The maximum atomic E-state index is 12.8. The molecule has 0 saturated heterocycles. The smallest absolute Gasteiger partial charge is 0.326 e. The van der Waals surface area contributed by atoms with Gasteiger partial charge in [-0.05, 0) is 44.1 Å². The summed E-state index contributed by atoms with van der Waals surface area (Å²) in [5.41, 5.74) is 11.0. The van der Waals surface area contributed by atoms with Crippen LogP contribution >= 0.6 is 11.8 Å². The van der Waals surface area contributed by atoms with E-state index in [9.17, 15) is 34.2 Å². The molecule has 0 aromatic rings. The van der Waals surface area contributed by atoms with Gasteiger partial charge in [-0.15, -0.1) is 0 Å². The van der Waals surface area contributed by atoms with Crippen molar-refractivity contribution in [2.45, 2.75) is 76.7 Å². The molecule has 0 aliphatic heterocycles. The van der Waals surface area contributed by atoms with Crippen molar-refractivity contribution < 1.29 is 34.2 Å². The van der Waals surface area contributed by atoms with E-state index >= 15 is 0 Å². The van der Waals surface area contributed by atoms with Crippen LogP contribution < -0.4 is 27.4 Å². The number of nitrogens with one attached hydrogen (secondary N) is 3. The molecule has 9 N–H and O–H groups in total. The van der Waals surface area contributed by atoms with Crippen LogP contribution in [0.25, 0.3) is 0 Å². The molecule has 0 aliphatic rings. The van der Waals surface area contributed by atoms with Gasteiger partial charge in [-0.25, -0.2) is 4.79 Å². The Labute approximate surface area is 198 Å². The Kier molecular flexibility index (Phi) is 14.3. The Bertz CT molecular complexity index is 690. The van der Waals surface area contributed by atoms with E-state index in [4.69, 9.17) is 11.5 Å². The Morgan fingerprint density at radius 3 is 1.94 bits per heavy atom. The number of carbonyl (C=O) groups excluding carboxylic acids is 4. The van der Waals surface area contributed by atoms with E-state index in [1.165, 1.54) is 18.7 Å². The number of rotatable bonds is 16. The molecule has 0 aromatic heterocycles. The van der Waals surface area contributed by atoms with Gasteiger partial charge < -0.3 is 37.6 Å². The summed E-state index contributed by atoms with van der Waals surface area (Å²) in [6.07, 6.45) is 0.544. The minimum atomic E-state index is -1.49. The molecule has 0 saturated carbocycles. The molecule has 5 atom stereocenters. The molecule has 0 spiro atoms. The van der Waals surface area contributed by atoms with Gasteiger partial charge in [-0.1, -0.05) is 13.8 Å². The maximum absolute atomic E-state index is 12.8. The van der Waals surface area contributed by atoms with Gasteiger partial charge in [0.15, 0.2) is 0 Å². The number of carboxylic acids is 1. The average Bonchev–Trinajstić information content (AvgIpc) is 2.70. The minimum Gasteiger partial charge on any atom is -0.480 e. The van der Waals surface area contributed by atoms with E-state index in [1.54, 1.807) is 6.26 Å². The van der Waals surface area contributed by atoms with Crippen molar-refractivity contribution in [3.63, 3.8) is 0 Å². The normalized spacial score (nSPS) is 15.6. The summed E-state index contributed by atoms with van der Waals surface area (Å²) >= 11 is 1.40. The van der Waals surface area contributed by atoms with Gasteiger partial charge in [-0.3, -0.25) is 19.2 Å². The van der Waals surface area contributed by atoms with Gasteiger partial charge in [0.2, 0.25) is 23.6 Å². The fourth-order valence-corrected chi connectivity index (χ4v) is 3.33. The Hall–Kier alpha value is -2.38. The first-order chi connectivity index (χ1) is 15.3. The highest BCUT2D eigenvalue weighted by Crippen LogP contribution is 2.07. The number of nitrogens with two attached hydrogens (primary N) is 2. The number of primary amides is 1. The van der Waals surface area contributed by atoms with Crippen molar-refractivity contribution in [3.8, 4) is 0 Å². The highest BCUT2D eigenvalue weighted by Gasteiger charge is 2.32. The van der Waals surface area contributed by atoms with E-state index in [2.05, 4.69) is 16.0 Å². The summed E-state index contributed by atoms with van der Waals surface area (Å²) in [6, 6.07) is -4.84. The number of carbonyl (C=O) groups is 5. The lowest BCUT2D eigenvalue weighted by atomic mass is 10.0. The zero-order chi connectivity index (χ0) is 25.7. The molecule has 12 nitrogen and oxygen atoms in total. The second-order valence-electron chi connectivity index (χ2n) is 8.21. The quantitative estimate of drug-likeness (QED) is 0.131. The zero-order valence-corrected chi connectivity index (χ0v) is 20.3. The third kappa shape index (κ3) is 12.4. The third-order valence-electron chi connectivity index (χ3n) is 4.66. The molecule has 0 bridgehead atoms. The number of carboxylic acid groups (broad SMARTS) is 1. The van der Waals surface area contributed by atoms with Gasteiger partial charge in [0, 0.05) is 6.42 Å². The van der Waals surface area contributed by atoms with E-state index in [-0.39, 0.29) is 25.2 Å². The van der Waals surface area contributed by atoms with Crippen molar-refractivity contribution >= 4 is 41.4 Å². The highest BCUT2D eigenvalue weighted by atomic mass is 32.2. The molecular weight excluding hydrogens is 454 g/mol. The maximum Gasteiger partial charge on any atom is 0.326 e. The Balaban J connectivity index is 5.43. The first kappa shape index (κ1) is 30.6. The standard InChI is InChI=1S/C20H37N5O7S/c1-10(2)9-12(21)17(28)23-13(5-6-15(22)27)18(29)25-16(11(3)26)19(30)24-14(20(31)32)7-8-33-4/h10-14,16,26H,5-9,21H2,1-4H3,(H2,22,27)(H,23,28)(H,24,30)(H,25,29)(H,31,32). The fraction of sp³-hybridized carbons (Fsp3) is 0.750. The molecule has 0 aromatic carbocycles. The van der Waals surface area contributed by atoms with Crippen molar-refractivity contribution in [2.75, 3.05) is 12.0 Å². The summed E-state index contributed by atoms with van der Waals surface area (Å²) in [7, 11) is 0. The molecule has 0 rings (SSSR count). The van der Waals surface area contributed by atoms with Crippen LogP contribution in [0.15, 0.2) is 0 Å². The largest absolute Gasteiger partial charge is 0.480 e. The van der Waals surface area contributed by atoms with Crippen molar-refractivity contribution in [1.82, 2.24) is 16.0 Å². The van der Waals surface area contributed by atoms with Gasteiger partial charge >= 0.3 is 5.97 Å². The van der Waals surface area contributed by atoms with Crippen LogP contribution in [0, 0.1) is 5.92 Å². The summed E-state index contributed by atoms with van der Waals surface area (Å²) in [5.74, 6) is -3.72. The van der Waals surface area contributed by atoms with Crippen molar-refractivity contribution in [3.05, 3.63) is 0 Å². The monoisotopic (exact) mass is 491 g/mol. The van der Waals surface area contributed by atoms with E-state index < -0.39 is 59.9 Å². The lowest BCUT2D eigenvalue weighted by Gasteiger charge is -2.26. The molecule has 13 heteroatoms. The van der Waals surface area contributed by atoms with Crippen molar-refractivity contribution in [2.24, 2.45) is 17.4 Å². The van der Waals surface area contributed by atoms with Crippen LogP contribution in [-0.2, 0) is 24.0 Å². The molecule has 4 amide bonds. The zero-order valence-electron chi connectivity index (χ0n) is 19.5. The number of aliphatic carboxylic acids is 1. The number of thioether (sulfide) groups is 1. The number of aliphatic hydroxyl groups excluding tert-OH is 1. The van der Waals surface area contributed by atoms with Crippen LogP contribution in [-0.4, -0.2) is 82.1 Å². The molecule has 0 fully saturated rings. The molecule has 33 heavy (non-hydrogen) atoms. The second-order valence-corrected chi connectivity index (χ2v) is 9.20. The molecule has 0 heterocycles. The molecular formula is C20H37N5O7S. The van der Waals surface area contributed by atoms with Crippen LogP contribution in [0.5, 0.6) is 0 Å². The van der Waals surface area contributed by atoms with Gasteiger partial charge in [-0.2, -0.15) is 11.8 Å². The van der Waals surface area contributed by atoms with Crippen molar-refractivity contribution in [1.29, 1.82) is 0 Å². The van der Waals surface area contributed by atoms with E-state index in [1.807, 2.05) is 13.8 Å². The first-order valence-corrected chi connectivity index (χ1v) is 12.0. The average molecular weight is 492 g/mol. The van der Waals surface area contributed by atoms with Crippen LogP contribution in [0.4, 0.5) is 0 Å². The van der Waals surface area contributed by atoms with Crippen LogP contribution in [0.1, 0.15) is 46.5 Å². The van der Waals surface area contributed by atoms with Gasteiger partial charge in [0.05, 0.1) is 12.1 Å². The Morgan fingerprint density at radius 1 is 0.909 bits per heavy atom. The third-order valence-corrected chi connectivity index (χ3v) is 5.31. The van der Waals surface area contributed by atoms with E-state index in [0.717, 1.165) is 0 Å². The number of aliphatic hydroxyl groups is 1. The van der Waals surface area contributed by atoms with Gasteiger partial charge in [0.1, 0.15) is 18.1 Å². The van der Waals surface area contributed by atoms with Crippen LogP contribution in [0.2, 0.25) is 0 Å². The lowest BCUT2D eigenvalue weighted by molar-refractivity contribution is -0.143. The molecule has 190 valence electrons. The number of hydrogen-bond acceptors (Lipinski definition) is 8. The topological polar surface area (TPSA) is 214 Å². The predicted octanol–water partition coefficient (Wildman–Crippen LogP) is -1.70. The molecule has 5 unspecified atom stereocenters. The summed E-state index contributed by atoms with van der Waals surface area (Å²) in [6.45, 7) is 5.00. The van der Waals surface area contributed by atoms with Gasteiger partial charge in [0.25, 0.3) is 0 Å². The number of hydrogen-bond donors (Lipinski definition) is 7. The minimum absolute atomic E-state index is 0.125. The summed E-state index contributed by atoms with van der Waals surface area (Å²) < 4.78 is 0. The molecule has 0 aliphatic carbocycles. The second kappa shape index (κ2) is 15.5. The summed E-state index contributed by atoms with van der Waals surface area (Å²) in [4.78, 5) is 60.4. The van der Waals surface area contributed by atoms with Crippen LogP contribution in [0.3, 0.4) is 0 Å². The molecule has 0 radical (unpaired) electrons. The number of amides is 4. The highest BCUT2D eigenvalue weighted by molar-refractivity contribution is 7.98. The predicted molar refractivity (Wildman–Crippen MR) is 124 cm³/mol. The Morgan fingerprint density at radius 2 is 1.48 bits per heavy atom. The fourth-order valence-electron chi connectivity index (χ4n) is 2.86. The van der Waals surface area contributed by atoms with E-state index in [0.29, 0.717) is 12.2 Å². The lowest BCUT2D eigenvalue weighted by Crippen LogP contribution is -2.60.